The third-order valence-corrected chi connectivity index (χ3v) is 6.44. The van der Waals surface area contributed by atoms with Crippen molar-refractivity contribution in [2.45, 2.75) is 33.4 Å². The van der Waals surface area contributed by atoms with Gasteiger partial charge >= 0.3 is 0 Å². The SMILES string of the molecule is CN=C(NCc1ccc(F)c(C)c1)N1CCN(S(=O)(=O)CCOC(C)C)CC1.I. The standard InChI is InChI=1S/C19H31FN4O3S.HI/c1-15(2)27-11-12-28(25,26)24-9-7-23(8-10-24)19(21-4)22-14-17-5-6-18(20)16(3)13-17;/h5-6,13,15H,7-12,14H2,1-4H3,(H,21,22);1H. The van der Waals surface area contributed by atoms with Gasteiger partial charge in [0.05, 0.1) is 18.5 Å². The summed E-state index contributed by atoms with van der Waals surface area (Å²) in [6.07, 6.45) is 0.0198. The fourth-order valence-corrected chi connectivity index (χ4v) is 4.31. The highest BCUT2D eigenvalue weighted by Gasteiger charge is 2.28. The Bertz CT molecular complexity index is 782. The topological polar surface area (TPSA) is 74.2 Å². The molecule has 1 fully saturated rings. The molecule has 29 heavy (non-hydrogen) atoms. The summed E-state index contributed by atoms with van der Waals surface area (Å²) in [7, 11) is -1.61. The van der Waals surface area contributed by atoms with Crippen molar-refractivity contribution >= 4 is 40.0 Å². The second-order valence-corrected chi connectivity index (χ2v) is 9.19. The number of aryl methyl sites for hydroxylation is 1. The Morgan fingerprint density at radius 1 is 1.28 bits per heavy atom. The summed E-state index contributed by atoms with van der Waals surface area (Å²) in [5.41, 5.74) is 1.57. The normalized spacial score (nSPS) is 16.1. The molecule has 1 aliphatic heterocycles. The summed E-state index contributed by atoms with van der Waals surface area (Å²) in [4.78, 5) is 6.33. The van der Waals surface area contributed by atoms with Gasteiger partial charge in [0.15, 0.2) is 5.96 Å². The van der Waals surface area contributed by atoms with Gasteiger partial charge < -0.3 is 15.0 Å². The lowest BCUT2D eigenvalue weighted by Gasteiger charge is -2.35. The maximum Gasteiger partial charge on any atom is 0.216 e. The van der Waals surface area contributed by atoms with Crippen molar-refractivity contribution < 1.29 is 17.5 Å². The minimum atomic E-state index is -3.31. The molecule has 1 heterocycles. The van der Waals surface area contributed by atoms with E-state index in [1.54, 1.807) is 26.1 Å². The Kier molecular flexibility index (Phi) is 10.8. The highest BCUT2D eigenvalue weighted by Crippen LogP contribution is 2.11. The minimum absolute atomic E-state index is 0. The van der Waals surface area contributed by atoms with Crippen LogP contribution in [0.2, 0.25) is 0 Å². The molecule has 0 spiro atoms. The van der Waals surface area contributed by atoms with E-state index >= 15 is 0 Å². The van der Waals surface area contributed by atoms with Crippen LogP contribution in [0.3, 0.4) is 0 Å². The third kappa shape index (κ3) is 7.99. The first-order valence-electron chi connectivity index (χ1n) is 9.53. The average molecular weight is 542 g/mol. The molecule has 1 aromatic rings. The van der Waals surface area contributed by atoms with Crippen LogP contribution < -0.4 is 5.32 Å². The van der Waals surface area contributed by atoms with Crippen molar-refractivity contribution in [3.63, 3.8) is 0 Å². The molecule has 0 saturated carbocycles. The quantitative estimate of drug-likeness (QED) is 0.325. The number of guanidine groups is 1. The second kappa shape index (κ2) is 12.0. The number of sulfonamides is 1. The molecule has 7 nitrogen and oxygen atoms in total. The van der Waals surface area contributed by atoms with E-state index in [0.717, 1.165) is 5.56 Å². The summed E-state index contributed by atoms with van der Waals surface area (Å²) in [6, 6.07) is 5.01. The fourth-order valence-electron chi connectivity index (χ4n) is 3.03. The van der Waals surface area contributed by atoms with Gasteiger partial charge in [0.2, 0.25) is 10.0 Å². The van der Waals surface area contributed by atoms with Gasteiger partial charge in [0.1, 0.15) is 5.82 Å². The Hall–Kier alpha value is -0.980. The predicted octanol–water partition coefficient (Wildman–Crippen LogP) is 2.20. The first-order valence-corrected chi connectivity index (χ1v) is 11.1. The lowest BCUT2D eigenvalue weighted by atomic mass is 10.1. The molecular formula is C19H32FIN4O3S. The van der Waals surface area contributed by atoms with Gasteiger partial charge in [0.25, 0.3) is 0 Å². The molecule has 10 heteroatoms. The van der Waals surface area contributed by atoms with E-state index in [0.29, 0.717) is 44.2 Å². The summed E-state index contributed by atoms with van der Waals surface area (Å²) >= 11 is 0. The molecule has 0 radical (unpaired) electrons. The molecular weight excluding hydrogens is 510 g/mol. The molecule has 0 amide bonds. The summed E-state index contributed by atoms with van der Waals surface area (Å²) in [5.74, 6) is 0.494. The Labute approximate surface area is 190 Å². The number of aliphatic imine (C=N–C) groups is 1. The number of piperazine rings is 1. The third-order valence-electron chi connectivity index (χ3n) is 4.61. The van der Waals surface area contributed by atoms with E-state index in [9.17, 15) is 12.8 Å². The molecule has 0 aromatic heterocycles. The number of hydrogen-bond donors (Lipinski definition) is 1. The highest BCUT2D eigenvalue weighted by atomic mass is 127. The number of halogens is 2. The zero-order valence-corrected chi connectivity index (χ0v) is 20.7. The minimum Gasteiger partial charge on any atom is -0.378 e. The van der Waals surface area contributed by atoms with Crippen LogP contribution in [0.4, 0.5) is 4.39 Å². The first kappa shape index (κ1) is 26.1. The molecule has 0 bridgehead atoms. The van der Waals surface area contributed by atoms with Crippen LogP contribution in [-0.2, 0) is 21.3 Å². The van der Waals surface area contributed by atoms with Crippen LogP contribution in [0, 0.1) is 12.7 Å². The van der Waals surface area contributed by atoms with Crippen LogP contribution in [0.5, 0.6) is 0 Å². The number of benzene rings is 1. The zero-order chi connectivity index (χ0) is 20.7. The molecule has 0 aliphatic carbocycles. The van der Waals surface area contributed by atoms with Crippen LogP contribution >= 0.6 is 24.0 Å². The van der Waals surface area contributed by atoms with E-state index in [2.05, 4.69) is 10.3 Å². The average Bonchev–Trinajstić information content (AvgIpc) is 2.65. The lowest BCUT2D eigenvalue weighted by molar-refractivity contribution is 0.0904. The van der Waals surface area contributed by atoms with Crippen molar-refractivity contribution in [1.29, 1.82) is 0 Å². The maximum absolute atomic E-state index is 13.4. The Morgan fingerprint density at radius 2 is 1.93 bits per heavy atom. The molecule has 166 valence electrons. The molecule has 0 unspecified atom stereocenters. The Morgan fingerprint density at radius 3 is 2.48 bits per heavy atom. The van der Waals surface area contributed by atoms with Gasteiger partial charge in [-0.05, 0) is 38.0 Å². The summed E-state index contributed by atoms with van der Waals surface area (Å²) in [6.45, 7) is 8.20. The van der Waals surface area contributed by atoms with Gasteiger partial charge in [0, 0.05) is 39.8 Å². The van der Waals surface area contributed by atoms with Gasteiger partial charge in [-0.2, -0.15) is 4.31 Å². The summed E-state index contributed by atoms with van der Waals surface area (Å²) in [5, 5.41) is 3.27. The van der Waals surface area contributed by atoms with Crippen LogP contribution in [0.1, 0.15) is 25.0 Å². The highest BCUT2D eigenvalue weighted by molar-refractivity contribution is 14.0. The summed E-state index contributed by atoms with van der Waals surface area (Å²) < 4.78 is 45.1. The largest absolute Gasteiger partial charge is 0.378 e. The maximum atomic E-state index is 13.4. The number of rotatable bonds is 7. The van der Waals surface area contributed by atoms with Gasteiger partial charge in [-0.1, -0.05) is 12.1 Å². The van der Waals surface area contributed by atoms with Crippen LogP contribution in [-0.4, -0.2) is 75.3 Å². The van der Waals surface area contributed by atoms with E-state index < -0.39 is 10.0 Å². The van der Waals surface area contributed by atoms with Crippen molar-refractivity contribution in [2.24, 2.45) is 4.99 Å². The smallest absolute Gasteiger partial charge is 0.216 e. The molecule has 1 aliphatic rings. The fraction of sp³-hybridized carbons (Fsp3) is 0.632. The van der Waals surface area contributed by atoms with Gasteiger partial charge in [-0.3, -0.25) is 4.99 Å². The molecule has 1 N–H and O–H groups in total. The van der Waals surface area contributed by atoms with Crippen molar-refractivity contribution in [1.82, 2.24) is 14.5 Å². The van der Waals surface area contributed by atoms with Gasteiger partial charge in [-0.15, -0.1) is 24.0 Å². The first-order chi connectivity index (χ1) is 13.2. The van der Waals surface area contributed by atoms with E-state index in [1.165, 1.54) is 10.4 Å². The van der Waals surface area contributed by atoms with Crippen molar-refractivity contribution in [3.8, 4) is 0 Å². The molecule has 1 aromatic carbocycles. The number of nitrogens with one attached hydrogen (secondary N) is 1. The monoisotopic (exact) mass is 542 g/mol. The lowest BCUT2D eigenvalue weighted by Crippen LogP contribution is -2.54. The number of nitrogens with zero attached hydrogens (tertiary/aromatic N) is 3. The van der Waals surface area contributed by atoms with E-state index in [1.807, 2.05) is 18.7 Å². The molecule has 1 saturated heterocycles. The van der Waals surface area contributed by atoms with E-state index in [-0.39, 0.29) is 48.3 Å². The predicted molar refractivity (Wildman–Crippen MR) is 125 cm³/mol. The second-order valence-electron chi connectivity index (χ2n) is 7.11. The number of ether oxygens (including phenoxy) is 1. The molecule has 0 atom stereocenters. The van der Waals surface area contributed by atoms with Gasteiger partial charge in [-0.25, -0.2) is 12.8 Å². The zero-order valence-electron chi connectivity index (χ0n) is 17.5. The number of hydrogen-bond acceptors (Lipinski definition) is 4. The van der Waals surface area contributed by atoms with Crippen LogP contribution in [0.25, 0.3) is 0 Å². The van der Waals surface area contributed by atoms with Crippen molar-refractivity contribution in [2.75, 3.05) is 45.6 Å². The Balaban J connectivity index is 0.00000420. The van der Waals surface area contributed by atoms with E-state index in [4.69, 9.17) is 4.74 Å². The van der Waals surface area contributed by atoms with Crippen molar-refractivity contribution in [3.05, 3.63) is 35.1 Å². The molecule has 2 rings (SSSR count). The van der Waals surface area contributed by atoms with Crippen LogP contribution in [0.15, 0.2) is 23.2 Å².